The highest BCUT2D eigenvalue weighted by Gasteiger charge is 2.53. The zero-order chi connectivity index (χ0) is 11.9. The van der Waals surface area contributed by atoms with E-state index in [9.17, 15) is 19.4 Å². The van der Waals surface area contributed by atoms with E-state index >= 15 is 0 Å². The van der Waals surface area contributed by atoms with E-state index in [1.807, 2.05) is 0 Å². The summed E-state index contributed by atoms with van der Waals surface area (Å²) < 4.78 is 59.3. The van der Waals surface area contributed by atoms with Crippen LogP contribution in [-0.2, 0) is 0 Å². The second kappa shape index (κ2) is 8.48. The molecule has 0 amide bonds. The zero-order valence-electron chi connectivity index (χ0n) is 7.22. The Morgan fingerprint density at radius 3 is 1.73 bits per heavy atom. The quantitative estimate of drug-likeness (QED) is 0.393. The molecule has 0 nitrogen and oxygen atoms in total. The van der Waals surface area contributed by atoms with Crippen molar-refractivity contribution in [2.45, 2.75) is 22.7 Å². The molecule has 0 N–H and O–H groups in total. The van der Waals surface area contributed by atoms with Crippen molar-refractivity contribution in [2.75, 3.05) is 0 Å². The van der Waals surface area contributed by atoms with Gasteiger partial charge in [0.15, 0.2) is 8.66 Å². The van der Waals surface area contributed by atoms with Crippen LogP contribution in [0, 0.1) is 4.58 Å². The van der Waals surface area contributed by atoms with Crippen LogP contribution in [0.3, 0.4) is 0 Å². The van der Waals surface area contributed by atoms with E-state index < -0.39 is 62.5 Å². The largest absolute Gasteiger partial charge is 0.185 e. The Morgan fingerprint density at radius 2 is 1.53 bits per heavy atom. The predicted octanol–water partition coefficient (Wildman–Crippen LogP) is 6.04. The van der Waals surface area contributed by atoms with E-state index in [1.165, 1.54) is 6.92 Å². The molecular weight excluding hydrogens is 315 g/mol. The van der Waals surface area contributed by atoms with Gasteiger partial charge in [-0.3, -0.25) is 0 Å². The summed E-state index contributed by atoms with van der Waals surface area (Å²) in [6.45, 7) is 1.47. The van der Waals surface area contributed by atoms with E-state index in [0.29, 0.717) is 0 Å². The molecule has 1 radical (unpaired) electrons. The molecule has 10 heteroatoms. The molecule has 0 aliphatic rings. The van der Waals surface area contributed by atoms with Gasteiger partial charge in [-0.2, -0.15) is 19.4 Å². The summed E-state index contributed by atoms with van der Waals surface area (Å²) >= 11 is -2.74. The topological polar surface area (TPSA) is 0 Å². The van der Waals surface area contributed by atoms with Crippen LogP contribution >= 0.6 is 60.7 Å². The minimum Gasteiger partial charge on any atom is -0.165 e. The first-order valence-electron chi connectivity index (χ1n) is 3.48. The fourth-order valence-electron chi connectivity index (χ4n) is 0.816. The predicted molar refractivity (Wildman–Crippen MR) is 63.5 cm³/mol. The number of hydrogen-bond acceptors (Lipinski definition) is 5. The summed E-state index contributed by atoms with van der Waals surface area (Å²) in [5.41, 5.74) is 0. The SMILES string of the molecule is CCC(SF)C(SF)(SF)[C](SF)SF. The Morgan fingerprint density at radius 1 is 1.07 bits per heavy atom. The van der Waals surface area contributed by atoms with Crippen LogP contribution in [0.5, 0.6) is 0 Å². The molecule has 91 valence electrons. The second-order valence-electron chi connectivity index (χ2n) is 2.25. The highest BCUT2D eigenvalue weighted by Crippen LogP contribution is 2.61. The molecule has 0 aromatic carbocycles. The molecule has 1 atom stereocenters. The van der Waals surface area contributed by atoms with Crippen LogP contribution in [0.1, 0.15) is 13.3 Å². The van der Waals surface area contributed by atoms with E-state index in [-0.39, 0.29) is 18.6 Å². The Balaban J connectivity index is 4.98. The number of hydrogen-bond donors (Lipinski definition) is 0. The third kappa shape index (κ3) is 3.68. The van der Waals surface area contributed by atoms with Gasteiger partial charge in [-0.05, 0) is 6.42 Å². The maximum Gasteiger partial charge on any atom is 0.185 e. The summed E-state index contributed by atoms with van der Waals surface area (Å²) in [7, 11) is 0. The summed E-state index contributed by atoms with van der Waals surface area (Å²) in [5.74, 6) is 0. The van der Waals surface area contributed by atoms with Crippen LogP contribution < -0.4 is 0 Å². The smallest absolute Gasteiger partial charge is 0.165 e. The molecular formula is C5H6F5S5. The Bertz CT molecular complexity index is 146. The molecule has 0 heterocycles. The van der Waals surface area contributed by atoms with Crippen molar-refractivity contribution < 1.29 is 19.4 Å². The minimum atomic E-state index is -2.20. The fraction of sp³-hybridized carbons (Fsp3) is 0.800. The molecule has 0 aromatic rings. The molecule has 0 aliphatic heterocycles. The normalized spacial score (nSPS) is 14.6. The monoisotopic (exact) mass is 321 g/mol. The van der Waals surface area contributed by atoms with Crippen LogP contribution in [-0.4, -0.2) is 9.33 Å². The first kappa shape index (κ1) is 16.4. The van der Waals surface area contributed by atoms with Gasteiger partial charge in [0, 0.05) is 0 Å². The van der Waals surface area contributed by atoms with Crippen molar-refractivity contribution in [3.8, 4) is 0 Å². The first-order valence-corrected chi connectivity index (χ1v) is 7.13. The lowest BCUT2D eigenvalue weighted by Crippen LogP contribution is -2.34. The number of rotatable bonds is 8. The molecule has 0 rings (SSSR count). The van der Waals surface area contributed by atoms with E-state index in [4.69, 9.17) is 0 Å². The third-order valence-corrected chi connectivity index (χ3v) is 6.39. The van der Waals surface area contributed by atoms with Gasteiger partial charge in [-0.15, -0.1) is 0 Å². The average Bonchev–Trinajstić information content (AvgIpc) is 2.29. The van der Waals surface area contributed by atoms with Crippen LogP contribution in [0.25, 0.3) is 0 Å². The molecule has 0 spiro atoms. The average molecular weight is 321 g/mol. The summed E-state index contributed by atoms with van der Waals surface area (Å²) in [6, 6.07) is 0. The van der Waals surface area contributed by atoms with E-state index in [1.54, 1.807) is 0 Å². The van der Waals surface area contributed by atoms with Crippen LogP contribution in [0.15, 0.2) is 0 Å². The van der Waals surface area contributed by atoms with Gasteiger partial charge < -0.3 is 0 Å². The third-order valence-electron chi connectivity index (χ3n) is 1.56. The lowest BCUT2D eigenvalue weighted by Gasteiger charge is -2.32. The number of halogens is 5. The molecule has 0 fully saturated rings. The van der Waals surface area contributed by atoms with Crippen LogP contribution in [0.4, 0.5) is 19.4 Å². The van der Waals surface area contributed by atoms with Crippen molar-refractivity contribution in [1.29, 1.82) is 0 Å². The van der Waals surface area contributed by atoms with Gasteiger partial charge in [-0.1, -0.05) is 6.92 Å². The van der Waals surface area contributed by atoms with E-state index in [2.05, 4.69) is 0 Å². The van der Waals surface area contributed by atoms with Gasteiger partial charge in [0.2, 0.25) is 0 Å². The Labute approximate surface area is 107 Å². The summed E-state index contributed by atoms with van der Waals surface area (Å²) in [4.78, 5) is 0. The molecule has 0 saturated carbocycles. The first-order chi connectivity index (χ1) is 7.16. The van der Waals surface area contributed by atoms with Crippen molar-refractivity contribution >= 4 is 60.7 Å². The van der Waals surface area contributed by atoms with Gasteiger partial charge in [0.05, 0.1) is 66.0 Å². The maximum absolute atomic E-state index is 12.7. The Kier molecular flexibility index (Phi) is 9.28. The lowest BCUT2D eigenvalue weighted by molar-refractivity contribution is 0.724. The Hall–Kier alpha value is 1.40. The lowest BCUT2D eigenvalue weighted by atomic mass is 10.2. The van der Waals surface area contributed by atoms with Crippen molar-refractivity contribution in [3.05, 3.63) is 4.58 Å². The van der Waals surface area contributed by atoms with Crippen molar-refractivity contribution in [1.82, 2.24) is 0 Å². The highest BCUT2D eigenvalue weighted by molar-refractivity contribution is 8.23. The maximum atomic E-state index is 12.7. The van der Waals surface area contributed by atoms with E-state index in [0.717, 1.165) is 0 Å². The molecule has 15 heavy (non-hydrogen) atoms. The van der Waals surface area contributed by atoms with Crippen LogP contribution in [0.2, 0.25) is 0 Å². The van der Waals surface area contributed by atoms with Crippen molar-refractivity contribution in [3.63, 3.8) is 0 Å². The van der Waals surface area contributed by atoms with Gasteiger partial charge in [0.25, 0.3) is 0 Å². The summed E-state index contributed by atoms with van der Waals surface area (Å²) in [6.07, 6.45) is 0.0413. The van der Waals surface area contributed by atoms with Crippen molar-refractivity contribution in [2.24, 2.45) is 0 Å². The molecule has 1 unspecified atom stereocenters. The highest BCUT2D eigenvalue weighted by atomic mass is 32.3. The molecule has 0 aromatic heterocycles. The van der Waals surface area contributed by atoms with Gasteiger partial charge in [-0.25, -0.2) is 0 Å². The summed E-state index contributed by atoms with van der Waals surface area (Å²) in [5, 5.41) is -1.20. The standard InChI is InChI=1S/C5H6F5S5/c1-2-3(11-6)5(14-9,15-10)4(12-7)13-8/h3H,2H2,1H3. The minimum absolute atomic E-state index is 0.0413. The fourth-order valence-corrected chi connectivity index (χ4v) is 3.87. The second-order valence-corrected chi connectivity index (χ2v) is 6.24. The zero-order valence-corrected chi connectivity index (χ0v) is 11.3. The van der Waals surface area contributed by atoms with Gasteiger partial charge >= 0.3 is 0 Å². The molecule has 0 saturated heterocycles. The molecule has 0 bridgehead atoms. The molecule has 0 aliphatic carbocycles. The van der Waals surface area contributed by atoms with Gasteiger partial charge in [0.1, 0.15) is 0 Å².